The lowest BCUT2D eigenvalue weighted by molar-refractivity contribution is 0.668. The van der Waals surface area contributed by atoms with Crippen molar-refractivity contribution in [1.82, 2.24) is 15.2 Å². The molecule has 0 saturated carbocycles. The van der Waals surface area contributed by atoms with E-state index >= 15 is 0 Å². The van der Waals surface area contributed by atoms with E-state index in [1.807, 2.05) is 79.0 Å². The molecule has 6 aromatic carbocycles. The summed E-state index contributed by atoms with van der Waals surface area (Å²) in [6.07, 6.45) is 1.92. The fourth-order valence-electron chi connectivity index (χ4n) is 7.36. The van der Waals surface area contributed by atoms with Gasteiger partial charge >= 0.3 is 0 Å². The molecule has 0 N–H and O–H groups in total. The van der Waals surface area contributed by atoms with Crippen LogP contribution in [-0.2, 0) is 0 Å². The number of hydrogen-bond acceptors (Lipinski definition) is 8. The van der Waals surface area contributed by atoms with E-state index in [1.165, 1.54) is 0 Å². The third kappa shape index (κ3) is 4.84. The average molecular weight is 702 g/mol. The lowest BCUT2D eigenvalue weighted by atomic mass is 10.1. The lowest BCUT2D eigenvalue weighted by Crippen LogP contribution is -2.12. The largest absolute Gasteiger partial charge is 0.456 e. The average Bonchev–Trinajstić information content (AvgIpc) is 3.89. The number of hydrogen-bond donors (Lipinski definition) is 0. The van der Waals surface area contributed by atoms with Crippen molar-refractivity contribution in [2.24, 2.45) is 0 Å². The van der Waals surface area contributed by atoms with Crippen molar-refractivity contribution in [3.63, 3.8) is 0 Å². The third-order valence-corrected chi connectivity index (χ3v) is 10.9. The summed E-state index contributed by atoms with van der Waals surface area (Å²) in [7, 11) is 0. The highest BCUT2D eigenvalue weighted by Crippen LogP contribution is 2.43. The molecule has 53 heavy (non-hydrogen) atoms. The smallest absolute Gasteiger partial charge is 0.161 e. The first-order chi connectivity index (χ1) is 26.2. The topological polar surface area (TPSA) is 71.4 Å². The molecule has 11 aromatic rings. The summed E-state index contributed by atoms with van der Waals surface area (Å²) in [5, 5.41) is 14.9. The highest BCUT2D eigenvalue weighted by molar-refractivity contribution is 7.25. The first-order valence-electron chi connectivity index (χ1n) is 17.3. The Morgan fingerprint density at radius 1 is 0.396 bits per heavy atom. The summed E-state index contributed by atoms with van der Waals surface area (Å²) in [5.74, 6) is 1.53. The quantitative estimate of drug-likeness (QED) is 0.171. The van der Waals surface area contributed by atoms with Gasteiger partial charge in [0.2, 0.25) is 0 Å². The van der Waals surface area contributed by atoms with Gasteiger partial charge in [0, 0.05) is 66.6 Å². The highest BCUT2D eigenvalue weighted by atomic mass is 32.1. The Morgan fingerprint density at radius 3 is 1.51 bits per heavy atom. The van der Waals surface area contributed by atoms with Crippen LogP contribution in [0.5, 0.6) is 0 Å². The standard InChI is InChI=1S/C45H27N5O2S/c1-3-11-28(12-4-1)49(30-19-21-39-34(23-30)32-15-7-9-17-37(32)51-39)43-25-41-36(27-46-43)45-42(53-41)26-44(47-48-45)50(29-13-5-2-6-14-29)31-20-22-40-35(24-31)33-16-8-10-18-38(33)52-40/h1-27H. The molecule has 0 atom stereocenters. The Kier molecular flexibility index (Phi) is 6.59. The number of furan rings is 2. The zero-order valence-corrected chi connectivity index (χ0v) is 28.9. The second kappa shape index (κ2) is 11.8. The van der Waals surface area contributed by atoms with E-state index in [0.29, 0.717) is 0 Å². The van der Waals surface area contributed by atoms with Crippen molar-refractivity contribution < 1.29 is 8.83 Å². The van der Waals surface area contributed by atoms with Gasteiger partial charge in [0.05, 0.1) is 4.70 Å². The third-order valence-electron chi connectivity index (χ3n) is 9.80. The van der Waals surface area contributed by atoms with Crippen molar-refractivity contribution in [3.05, 3.63) is 164 Å². The molecule has 11 rings (SSSR count). The first kappa shape index (κ1) is 29.7. The number of para-hydroxylation sites is 4. The van der Waals surface area contributed by atoms with Crippen LogP contribution in [0.4, 0.5) is 34.4 Å². The molecule has 0 radical (unpaired) electrons. The molecule has 0 aliphatic heterocycles. The number of thiophene rings is 1. The molecule has 7 nitrogen and oxygen atoms in total. The van der Waals surface area contributed by atoms with Crippen LogP contribution in [0, 0.1) is 0 Å². The van der Waals surface area contributed by atoms with E-state index in [1.54, 1.807) is 11.3 Å². The SMILES string of the molecule is c1ccc(N(c2ccc3oc4ccccc4c3c2)c2cc3sc4cc(N(c5ccccc5)c5ccc6oc7ccccc7c6c5)nnc4c3cn2)cc1. The molecule has 0 aliphatic rings. The van der Waals surface area contributed by atoms with Gasteiger partial charge in [-0.05, 0) is 78.9 Å². The summed E-state index contributed by atoms with van der Waals surface area (Å²) >= 11 is 1.69. The van der Waals surface area contributed by atoms with E-state index in [-0.39, 0.29) is 0 Å². The molecular weight excluding hydrogens is 675 g/mol. The maximum atomic E-state index is 6.15. The van der Waals surface area contributed by atoms with Gasteiger partial charge in [-0.2, -0.15) is 0 Å². The monoisotopic (exact) mass is 701 g/mol. The van der Waals surface area contributed by atoms with Crippen LogP contribution in [0.1, 0.15) is 0 Å². The molecule has 0 spiro atoms. The molecule has 0 aliphatic carbocycles. The van der Waals surface area contributed by atoms with Gasteiger partial charge in [0.15, 0.2) is 5.82 Å². The number of aromatic nitrogens is 3. The van der Waals surface area contributed by atoms with Crippen molar-refractivity contribution >= 4 is 110 Å². The van der Waals surface area contributed by atoms with Crippen LogP contribution < -0.4 is 9.80 Å². The fourth-order valence-corrected chi connectivity index (χ4v) is 8.43. The van der Waals surface area contributed by atoms with Crippen LogP contribution in [0.3, 0.4) is 0 Å². The van der Waals surface area contributed by atoms with E-state index in [9.17, 15) is 0 Å². The van der Waals surface area contributed by atoms with E-state index in [0.717, 1.165) is 98.6 Å². The maximum absolute atomic E-state index is 6.15. The number of fused-ring (bicyclic) bond motifs is 9. The van der Waals surface area contributed by atoms with Crippen LogP contribution in [0.2, 0.25) is 0 Å². The molecule has 0 fully saturated rings. The fraction of sp³-hybridized carbons (Fsp3) is 0. The molecule has 8 heteroatoms. The van der Waals surface area contributed by atoms with Gasteiger partial charge in [-0.1, -0.05) is 72.8 Å². The summed E-state index contributed by atoms with van der Waals surface area (Å²) in [6.45, 7) is 0. The number of pyridine rings is 1. The Bertz CT molecular complexity index is 2940. The Labute approximate surface area is 306 Å². The second-order valence-corrected chi connectivity index (χ2v) is 14.0. The molecule has 0 unspecified atom stereocenters. The molecule has 250 valence electrons. The van der Waals surface area contributed by atoms with Crippen LogP contribution in [0.15, 0.2) is 173 Å². The molecule has 0 amide bonds. The molecular formula is C45H27N5O2S. The van der Waals surface area contributed by atoms with Crippen molar-refractivity contribution in [3.8, 4) is 0 Å². The number of rotatable bonds is 6. The van der Waals surface area contributed by atoms with Crippen molar-refractivity contribution in [1.29, 1.82) is 0 Å². The second-order valence-electron chi connectivity index (χ2n) is 13.0. The minimum absolute atomic E-state index is 0.724. The van der Waals surface area contributed by atoms with Gasteiger partial charge in [0.1, 0.15) is 33.7 Å². The number of nitrogens with zero attached hydrogens (tertiary/aromatic N) is 5. The minimum atomic E-state index is 0.724. The van der Waals surface area contributed by atoms with E-state index in [4.69, 9.17) is 24.0 Å². The molecule has 5 aromatic heterocycles. The zero-order valence-electron chi connectivity index (χ0n) is 28.0. The predicted octanol–water partition coefficient (Wildman–Crippen LogP) is 13.0. The van der Waals surface area contributed by atoms with Gasteiger partial charge in [-0.3, -0.25) is 9.80 Å². The van der Waals surface area contributed by atoms with Gasteiger partial charge in [0.25, 0.3) is 0 Å². The van der Waals surface area contributed by atoms with Gasteiger partial charge in [-0.15, -0.1) is 21.5 Å². The molecule has 0 saturated heterocycles. The predicted molar refractivity (Wildman–Crippen MR) is 217 cm³/mol. The maximum Gasteiger partial charge on any atom is 0.161 e. The van der Waals surface area contributed by atoms with Gasteiger partial charge < -0.3 is 8.83 Å². The summed E-state index contributed by atoms with van der Waals surface area (Å²) in [6, 6.07) is 53.8. The van der Waals surface area contributed by atoms with E-state index in [2.05, 4.69) is 94.7 Å². The van der Waals surface area contributed by atoms with E-state index < -0.39 is 0 Å². The van der Waals surface area contributed by atoms with Gasteiger partial charge in [-0.25, -0.2) is 4.98 Å². The summed E-state index contributed by atoms with van der Waals surface area (Å²) in [4.78, 5) is 9.37. The van der Waals surface area contributed by atoms with Crippen LogP contribution in [0.25, 0.3) is 64.2 Å². The van der Waals surface area contributed by atoms with Crippen LogP contribution in [-0.4, -0.2) is 15.2 Å². The van der Waals surface area contributed by atoms with Crippen LogP contribution >= 0.6 is 11.3 Å². The van der Waals surface area contributed by atoms with Crippen molar-refractivity contribution in [2.45, 2.75) is 0 Å². The number of benzene rings is 6. The zero-order chi connectivity index (χ0) is 34.9. The molecule has 0 bridgehead atoms. The molecule has 5 heterocycles. The lowest BCUT2D eigenvalue weighted by Gasteiger charge is -2.24. The number of anilines is 6. The Balaban J connectivity index is 1.04. The summed E-state index contributed by atoms with van der Waals surface area (Å²) < 4.78 is 14.4. The Morgan fingerprint density at radius 2 is 0.906 bits per heavy atom. The first-order valence-corrected chi connectivity index (χ1v) is 18.2. The summed E-state index contributed by atoms with van der Waals surface area (Å²) in [5.41, 5.74) is 8.22. The Hall–Kier alpha value is -7.03. The highest BCUT2D eigenvalue weighted by Gasteiger charge is 2.21. The normalized spacial score (nSPS) is 11.8. The minimum Gasteiger partial charge on any atom is -0.456 e. The van der Waals surface area contributed by atoms with Crippen molar-refractivity contribution in [2.75, 3.05) is 9.80 Å².